The van der Waals surface area contributed by atoms with Crippen LogP contribution in [-0.4, -0.2) is 41.8 Å². The van der Waals surface area contributed by atoms with Crippen LogP contribution in [0.3, 0.4) is 0 Å². The van der Waals surface area contributed by atoms with Crippen molar-refractivity contribution in [2.24, 2.45) is 0 Å². The van der Waals surface area contributed by atoms with Crippen LogP contribution in [0, 0.1) is 0 Å². The summed E-state index contributed by atoms with van der Waals surface area (Å²) in [5.41, 5.74) is 0.916. The summed E-state index contributed by atoms with van der Waals surface area (Å²) >= 11 is 0. The topological polar surface area (TPSA) is 32.7 Å². The third kappa shape index (κ3) is 2.63. The highest BCUT2D eigenvalue weighted by molar-refractivity contribution is 5.38. The van der Waals surface area contributed by atoms with Crippen LogP contribution in [0.1, 0.15) is 37.7 Å². The van der Waals surface area contributed by atoms with E-state index in [1.807, 2.05) is 6.07 Å². The Morgan fingerprint density at radius 3 is 2.95 bits per heavy atom. The second-order valence-corrected chi connectivity index (χ2v) is 6.02. The summed E-state index contributed by atoms with van der Waals surface area (Å²) in [5.74, 6) is 1.60. The number of likely N-dealkylation sites (tertiary alicyclic amines) is 1. The van der Waals surface area contributed by atoms with Gasteiger partial charge in [-0.1, -0.05) is 31.5 Å². The number of hydrogen-bond acceptors (Lipinski definition) is 3. The number of hydrogen-bond donors (Lipinski definition) is 1. The Balaban J connectivity index is 1.61. The second-order valence-electron chi connectivity index (χ2n) is 6.02. The Morgan fingerprint density at radius 1 is 1.37 bits per heavy atom. The SMILES string of the molecule is CCCC1(O)CN(CC2CCOc3ccccc32)C1. The average molecular weight is 261 g/mol. The maximum atomic E-state index is 10.2. The maximum absolute atomic E-state index is 10.2. The van der Waals surface area contributed by atoms with Crippen LogP contribution in [0.5, 0.6) is 5.75 Å². The van der Waals surface area contributed by atoms with Gasteiger partial charge in [0.1, 0.15) is 5.75 Å². The summed E-state index contributed by atoms with van der Waals surface area (Å²) < 4.78 is 5.70. The molecule has 19 heavy (non-hydrogen) atoms. The molecule has 0 bridgehead atoms. The summed E-state index contributed by atoms with van der Waals surface area (Å²) in [7, 11) is 0. The quantitative estimate of drug-likeness (QED) is 0.903. The van der Waals surface area contributed by atoms with Gasteiger partial charge in [0, 0.05) is 25.6 Å². The summed E-state index contributed by atoms with van der Waals surface area (Å²) in [6.45, 7) is 5.66. The zero-order valence-corrected chi connectivity index (χ0v) is 11.6. The summed E-state index contributed by atoms with van der Waals surface area (Å²) in [5, 5.41) is 10.2. The Morgan fingerprint density at radius 2 is 2.16 bits per heavy atom. The van der Waals surface area contributed by atoms with Crippen molar-refractivity contribution in [1.82, 2.24) is 4.90 Å². The van der Waals surface area contributed by atoms with Crippen LogP contribution >= 0.6 is 0 Å². The van der Waals surface area contributed by atoms with Gasteiger partial charge in [0.15, 0.2) is 0 Å². The molecule has 3 nitrogen and oxygen atoms in total. The molecule has 1 fully saturated rings. The lowest BCUT2D eigenvalue weighted by Gasteiger charge is -2.48. The molecule has 1 N–H and O–H groups in total. The molecule has 0 saturated carbocycles. The molecule has 1 unspecified atom stereocenters. The predicted molar refractivity (Wildman–Crippen MR) is 75.6 cm³/mol. The monoisotopic (exact) mass is 261 g/mol. The van der Waals surface area contributed by atoms with Gasteiger partial charge in [-0.2, -0.15) is 0 Å². The fourth-order valence-electron chi connectivity index (χ4n) is 3.46. The van der Waals surface area contributed by atoms with Crippen molar-refractivity contribution in [2.75, 3.05) is 26.2 Å². The molecule has 1 aromatic carbocycles. The van der Waals surface area contributed by atoms with Crippen molar-refractivity contribution >= 4 is 0 Å². The largest absolute Gasteiger partial charge is 0.493 e. The smallest absolute Gasteiger partial charge is 0.122 e. The lowest BCUT2D eigenvalue weighted by Crippen LogP contribution is -2.62. The van der Waals surface area contributed by atoms with Crippen molar-refractivity contribution in [3.05, 3.63) is 29.8 Å². The van der Waals surface area contributed by atoms with Gasteiger partial charge in [0.2, 0.25) is 0 Å². The third-order valence-corrected chi connectivity index (χ3v) is 4.31. The third-order valence-electron chi connectivity index (χ3n) is 4.31. The van der Waals surface area contributed by atoms with Crippen LogP contribution in [0.25, 0.3) is 0 Å². The normalized spacial score (nSPS) is 25.3. The fourth-order valence-corrected chi connectivity index (χ4v) is 3.46. The number of benzene rings is 1. The Kier molecular flexibility index (Phi) is 3.50. The molecule has 2 aliphatic heterocycles. The zero-order valence-electron chi connectivity index (χ0n) is 11.6. The van der Waals surface area contributed by atoms with Gasteiger partial charge in [-0.15, -0.1) is 0 Å². The molecule has 104 valence electrons. The molecular formula is C16H23NO2. The van der Waals surface area contributed by atoms with Crippen LogP contribution < -0.4 is 4.74 Å². The van der Waals surface area contributed by atoms with Crippen molar-refractivity contribution in [3.8, 4) is 5.75 Å². The highest BCUT2D eigenvalue weighted by Gasteiger charge is 2.41. The van der Waals surface area contributed by atoms with Crippen molar-refractivity contribution < 1.29 is 9.84 Å². The van der Waals surface area contributed by atoms with Crippen LogP contribution in [0.4, 0.5) is 0 Å². The summed E-state index contributed by atoms with van der Waals surface area (Å²) in [6, 6.07) is 8.36. The first kappa shape index (κ1) is 12.9. The molecule has 3 rings (SSSR count). The van der Waals surface area contributed by atoms with Gasteiger partial charge >= 0.3 is 0 Å². The first-order valence-corrected chi connectivity index (χ1v) is 7.37. The molecular weight excluding hydrogens is 238 g/mol. The van der Waals surface area contributed by atoms with Gasteiger partial charge < -0.3 is 9.84 Å². The van der Waals surface area contributed by atoms with Crippen molar-refractivity contribution in [2.45, 2.75) is 37.7 Å². The summed E-state index contributed by atoms with van der Waals surface area (Å²) in [6.07, 6.45) is 3.07. The number of β-amino-alcohol motifs (C(OH)–C–C–N with tert-alkyl or cyclic N) is 1. The molecule has 0 aromatic heterocycles. The van der Waals surface area contributed by atoms with Crippen molar-refractivity contribution in [1.29, 1.82) is 0 Å². The molecule has 0 amide bonds. The molecule has 2 heterocycles. The summed E-state index contributed by atoms with van der Waals surface area (Å²) in [4.78, 5) is 2.38. The molecule has 0 aliphatic carbocycles. The highest BCUT2D eigenvalue weighted by Crippen LogP contribution is 2.36. The first-order chi connectivity index (χ1) is 9.20. The van der Waals surface area contributed by atoms with E-state index >= 15 is 0 Å². The molecule has 3 heteroatoms. The van der Waals surface area contributed by atoms with Gasteiger partial charge in [-0.25, -0.2) is 0 Å². The highest BCUT2D eigenvalue weighted by atomic mass is 16.5. The maximum Gasteiger partial charge on any atom is 0.122 e. The molecule has 1 atom stereocenters. The van der Waals surface area contributed by atoms with Crippen LogP contribution in [-0.2, 0) is 0 Å². The lowest BCUT2D eigenvalue weighted by atomic mass is 9.86. The lowest BCUT2D eigenvalue weighted by molar-refractivity contribution is -0.105. The van der Waals surface area contributed by atoms with Crippen molar-refractivity contribution in [3.63, 3.8) is 0 Å². The van der Waals surface area contributed by atoms with E-state index in [1.54, 1.807) is 0 Å². The van der Waals surface area contributed by atoms with Gasteiger partial charge in [-0.05, 0) is 24.5 Å². The number of nitrogens with zero attached hydrogens (tertiary/aromatic N) is 1. The van der Waals surface area contributed by atoms with E-state index in [4.69, 9.17) is 4.74 Å². The van der Waals surface area contributed by atoms with E-state index in [0.717, 1.165) is 51.3 Å². The number of rotatable bonds is 4. The first-order valence-electron chi connectivity index (χ1n) is 7.37. The number of fused-ring (bicyclic) bond motifs is 1. The van der Waals surface area contributed by atoms with Gasteiger partial charge in [-0.3, -0.25) is 4.90 Å². The number of ether oxygens (including phenoxy) is 1. The van der Waals surface area contributed by atoms with Crippen LogP contribution in [0.15, 0.2) is 24.3 Å². The Bertz CT molecular complexity index is 440. The van der Waals surface area contributed by atoms with E-state index in [9.17, 15) is 5.11 Å². The molecule has 1 saturated heterocycles. The fraction of sp³-hybridized carbons (Fsp3) is 0.625. The van der Waals surface area contributed by atoms with E-state index in [2.05, 4.69) is 30.0 Å². The predicted octanol–water partition coefficient (Wildman–Crippen LogP) is 2.40. The zero-order chi connectivity index (χ0) is 13.3. The molecule has 0 radical (unpaired) electrons. The van der Waals surface area contributed by atoms with Gasteiger partial charge in [0.05, 0.1) is 12.2 Å². The van der Waals surface area contributed by atoms with Crippen LogP contribution in [0.2, 0.25) is 0 Å². The number of aliphatic hydroxyl groups is 1. The average Bonchev–Trinajstić information content (AvgIpc) is 2.38. The second kappa shape index (κ2) is 5.14. The number of para-hydroxylation sites is 1. The molecule has 2 aliphatic rings. The minimum absolute atomic E-state index is 0.417. The molecule has 0 spiro atoms. The minimum atomic E-state index is -0.417. The van der Waals surface area contributed by atoms with Gasteiger partial charge in [0.25, 0.3) is 0 Å². The van der Waals surface area contributed by atoms with E-state index in [-0.39, 0.29) is 0 Å². The molecule has 1 aromatic rings. The van der Waals surface area contributed by atoms with E-state index in [0.29, 0.717) is 5.92 Å². The van der Waals surface area contributed by atoms with E-state index < -0.39 is 5.60 Å². The Hall–Kier alpha value is -1.06. The minimum Gasteiger partial charge on any atom is -0.493 e. The Labute approximate surface area is 115 Å². The standard InChI is InChI=1S/C16H23NO2/c1-2-8-16(18)11-17(12-16)10-13-7-9-19-15-6-4-3-5-14(13)15/h3-6,13,18H,2,7-12H2,1H3. The van der Waals surface area contributed by atoms with E-state index in [1.165, 1.54) is 5.56 Å².